The molecule has 2 rings (SSSR count). The average Bonchev–Trinajstić information content (AvgIpc) is 2.33. The van der Waals surface area contributed by atoms with E-state index in [4.69, 9.17) is 0 Å². The lowest BCUT2D eigenvalue weighted by Crippen LogP contribution is -2.22. The highest BCUT2D eigenvalue weighted by molar-refractivity contribution is 9.12. The molecule has 20 heavy (non-hydrogen) atoms. The van der Waals surface area contributed by atoms with E-state index in [2.05, 4.69) is 20.3 Å². The van der Waals surface area contributed by atoms with Gasteiger partial charge in [-0.05, 0) is 60.1 Å². The van der Waals surface area contributed by atoms with E-state index in [9.17, 15) is 13.5 Å². The maximum Gasteiger partial charge on any atom is 0.282 e. The average molecular weight is 356 g/mol. The molecule has 0 spiro atoms. The predicted octanol–water partition coefficient (Wildman–Crippen LogP) is 2.72. The van der Waals surface area contributed by atoms with Crippen LogP contribution < -0.4 is 0 Å². The number of nitrogens with zero attached hydrogens (tertiary/aromatic N) is 1. The third-order valence-electron chi connectivity index (χ3n) is 2.78. The first-order chi connectivity index (χ1) is 9.20. The SMILES string of the molecule is Cc1ccc(S(=O)(=O)/N=C2/C=CC(C)(O)C=C2Br)cc1. The van der Waals surface area contributed by atoms with Crippen LogP contribution in [0.25, 0.3) is 0 Å². The summed E-state index contributed by atoms with van der Waals surface area (Å²) in [5.74, 6) is 0. The van der Waals surface area contributed by atoms with Gasteiger partial charge in [-0.3, -0.25) is 0 Å². The van der Waals surface area contributed by atoms with Crippen molar-refractivity contribution in [3.8, 4) is 0 Å². The summed E-state index contributed by atoms with van der Waals surface area (Å²) < 4.78 is 28.6. The fourth-order valence-corrected chi connectivity index (χ4v) is 3.48. The van der Waals surface area contributed by atoms with Crippen molar-refractivity contribution in [1.82, 2.24) is 0 Å². The highest BCUT2D eigenvalue weighted by Gasteiger charge is 2.22. The number of aliphatic hydroxyl groups is 1. The Morgan fingerprint density at radius 1 is 1.25 bits per heavy atom. The highest BCUT2D eigenvalue weighted by Crippen LogP contribution is 2.24. The van der Waals surface area contributed by atoms with Crippen LogP contribution in [0.15, 0.2) is 56.3 Å². The lowest BCUT2D eigenvalue weighted by molar-refractivity contribution is 0.163. The van der Waals surface area contributed by atoms with Crippen LogP contribution in [-0.4, -0.2) is 24.8 Å². The largest absolute Gasteiger partial charge is 0.382 e. The van der Waals surface area contributed by atoms with Crippen LogP contribution in [0.2, 0.25) is 0 Å². The predicted molar refractivity (Wildman–Crippen MR) is 82.6 cm³/mol. The Morgan fingerprint density at radius 3 is 2.40 bits per heavy atom. The first kappa shape index (κ1) is 15.2. The summed E-state index contributed by atoms with van der Waals surface area (Å²) >= 11 is 3.22. The maximum atomic E-state index is 12.2. The molecule has 1 N–H and O–H groups in total. The van der Waals surface area contributed by atoms with E-state index >= 15 is 0 Å². The minimum atomic E-state index is -3.76. The van der Waals surface area contributed by atoms with Crippen molar-refractivity contribution < 1.29 is 13.5 Å². The van der Waals surface area contributed by atoms with E-state index in [-0.39, 0.29) is 10.6 Å². The molecule has 0 heterocycles. The number of benzene rings is 1. The van der Waals surface area contributed by atoms with E-state index < -0.39 is 15.6 Å². The molecule has 1 aliphatic rings. The second-order valence-electron chi connectivity index (χ2n) is 4.82. The molecule has 1 aromatic rings. The Labute approximate surface area is 126 Å². The molecule has 0 aliphatic heterocycles. The lowest BCUT2D eigenvalue weighted by Gasteiger charge is -2.19. The van der Waals surface area contributed by atoms with Crippen LogP contribution in [0, 0.1) is 6.92 Å². The first-order valence-electron chi connectivity index (χ1n) is 5.92. The van der Waals surface area contributed by atoms with Crippen LogP contribution in [0.4, 0.5) is 0 Å². The number of aryl methyl sites for hydroxylation is 1. The standard InChI is InChI=1S/C14H14BrNO3S/c1-10-3-5-11(6-4-10)20(18,19)16-13-7-8-14(2,17)9-12(13)15/h3-9,17H,1-2H3/b16-13-. The third-order valence-corrected chi connectivity index (χ3v) is 4.72. The van der Waals surface area contributed by atoms with E-state index in [0.29, 0.717) is 4.48 Å². The van der Waals surface area contributed by atoms with Gasteiger partial charge in [-0.2, -0.15) is 12.8 Å². The number of hydrogen-bond donors (Lipinski definition) is 1. The molecule has 6 heteroatoms. The lowest BCUT2D eigenvalue weighted by atomic mass is 10.0. The highest BCUT2D eigenvalue weighted by atomic mass is 79.9. The maximum absolute atomic E-state index is 12.2. The molecule has 1 aliphatic carbocycles. The van der Waals surface area contributed by atoms with Gasteiger partial charge in [0.1, 0.15) is 0 Å². The van der Waals surface area contributed by atoms with Gasteiger partial charge in [0.2, 0.25) is 0 Å². The Balaban J connectivity index is 2.40. The number of hydrogen-bond acceptors (Lipinski definition) is 3. The normalized spacial score (nSPS) is 24.8. The van der Waals surface area contributed by atoms with Gasteiger partial charge in [-0.25, -0.2) is 0 Å². The second kappa shape index (κ2) is 5.27. The topological polar surface area (TPSA) is 66.7 Å². The zero-order chi connectivity index (χ0) is 15.0. The molecule has 1 aromatic carbocycles. The second-order valence-corrected chi connectivity index (χ2v) is 7.27. The van der Waals surface area contributed by atoms with Crippen molar-refractivity contribution in [2.45, 2.75) is 24.3 Å². The Hall–Kier alpha value is -1.24. The summed E-state index contributed by atoms with van der Waals surface area (Å²) in [5.41, 5.74) is 0.134. The molecule has 1 atom stereocenters. The Kier molecular flexibility index (Phi) is 4.00. The molecule has 0 aromatic heterocycles. The summed E-state index contributed by atoms with van der Waals surface area (Å²) in [7, 11) is -3.76. The van der Waals surface area contributed by atoms with E-state index in [1.165, 1.54) is 30.4 Å². The van der Waals surface area contributed by atoms with Gasteiger partial charge in [-0.1, -0.05) is 17.7 Å². The van der Waals surface area contributed by atoms with Crippen LogP contribution in [0.1, 0.15) is 12.5 Å². The summed E-state index contributed by atoms with van der Waals surface area (Å²) in [6.07, 6.45) is 4.47. The van der Waals surface area contributed by atoms with E-state index in [1.54, 1.807) is 19.1 Å². The molecule has 0 saturated heterocycles. The van der Waals surface area contributed by atoms with Crippen LogP contribution in [-0.2, 0) is 10.0 Å². The number of sulfonamides is 1. The van der Waals surface area contributed by atoms with Crippen molar-refractivity contribution in [1.29, 1.82) is 0 Å². The van der Waals surface area contributed by atoms with Gasteiger partial charge in [0, 0.05) is 4.48 Å². The van der Waals surface area contributed by atoms with Crippen molar-refractivity contribution in [2.24, 2.45) is 4.40 Å². The van der Waals surface area contributed by atoms with Crippen molar-refractivity contribution in [3.63, 3.8) is 0 Å². The molecule has 0 fully saturated rings. The fraction of sp³-hybridized carbons (Fsp3) is 0.214. The minimum Gasteiger partial charge on any atom is -0.382 e. The zero-order valence-corrected chi connectivity index (χ0v) is 13.4. The molecule has 0 radical (unpaired) electrons. The molecular formula is C14H14BrNO3S. The molecule has 1 unspecified atom stereocenters. The van der Waals surface area contributed by atoms with Gasteiger partial charge < -0.3 is 5.11 Å². The monoisotopic (exact) mass is 355 g/mol. The van der Waals surface area contributed by atoms with Crippen molar-refractivity contribution in [3.05, 3.63) is 52.5 Å². The molecule has 106 valence electrons. The smallest absolute Gasteiger partial charge is 0.282 e. The van der Waals surface area contributed by atoms with E-state index in [0.717, 1.165) is 5.56 Å². The Bertz CT molecular complexity index is 713. The van der Waals surface area contributed by atoms with Crippen molar-refractivity contribution >= 4 is 31.7 Å². The van der Waals surface area contributed by atoms with Gasteiger partial charge in [0.15, 0.2) is 0 Å². The molecule has 0 amide bonds. The zero-order valence-electron chi connectivity index (χ0n) is 11.0. The Morgan fingerprint density at radius 2 is 1.85 bits per heavy atom. The third kappa shape index (κ3) is 3.45. The quantitative estimate of drug-likeness (QED) is 0.886. The number of rotatable bonds is 2. The fourth-order valence-electron chi connectivity index (χ4n) is 1.67. The first-order valence-corrected chi connectivity index (χ1v) is 8.15. The van der Waals surface area contributed by atoms with Crippen LogP contribution >= 0.6 is 15.9 Å². The number of allylic oxidation sites excluding steroid dienone is 2. The van der Waals surface area contributed by atoms with Crippen molar-refractivity contribution in [2.75, 3.05) is 0 Å². The van der Waals surface area contributed by atoms with Crippen LogP contribution in [0.3, 0.4) is 0 Å². The summed E-state index contributed by atoms with van der Waals surface area (Å²) in [5, 5.41) is 9.81. The summed E-state index contributed by atoms with van der Waals surface area (Å²) in [4.78, 5) is 0.140. The minimum absolute atomic E-state index is 0.140. The van der Waals surface area contributed by atoms with Crippen LogP contribution in [0.5, 0.6) is 0 Å². The van der Waals surface area contributed by atoms with E-state index in [1.807, 2.05) is 6.92 Å². The van der Waals surface area contributed by atoms with Gasteiger partial charge in [0.25, 0.3) is 10.0 Å². The molecular weight excluding hydrogens is 342 g/mol. The molecule has 0 bridgehead atoms. The van der Waals surface area contributed by atoms with Gasteiger partial charge >= 0.3 is 0 Å². The number of halogens is 1. The molecule has 4 nitrogen and oxygen atoms in total. The van der Waals surface area contributed by atoms with Gasteiger partial charge in [-0.15, -0.1) is 0 Å². The summed E-state index contributed by atoms with van der Waals surface area (Å²) in [6.45, 7) is 3.48. The summed E-state index contributed by atoms with van der Waals surface area (Å²) in [6, 6.07) is 6.49. The van der Waals surface area contributed by atoms with Gasteiger partial charge in [0.05, 0.1) is 16.2 Å². The molecule has 0 saturated carbocycles.